The molecule has 0 aromatic heterocycles. The third-order valence-electron chi connectivity index (χ3n) is 9.26. The SMILES string of the molecule is COC(=O)CCC(C)C1=CC[C@H]2[C@@H]3CC=C4C[C@@H](O)CC[C@]4(C)[C@H]3CC[C@]12C. The lowest BCUT2D eigenvalue weighted by Crippen LogP contribution is -2.50. The lowest BCUT2D eigenvalue weighted by atomic mass is 9.47. The van der Waals surface area contributed by atoms with Crippen molar-refractivity contribution in [2.45, 2.75) is 84.7 Å². The van der Waals surface area contributed by atoms with E-state index in [1.54, 1.807) is 11.1 Å². The summed E-state index contributed by atoms with van der Waals surface area (Å²) in [4.78, 5) is 11.6. The third kappa shape index (κ3) is 3.09. The maximum absolute atomic E-state index is 11.6. The van der Waals surface area contributed by atoms with E-state index in [0.29, 0.717) is 23.2 Å². The highest BCUT2D eigenvalue weighted by molar-refractivity contribution is 5.69. The molecular weight excluding hydrogens is 348 g/mol. The van der Waals surface area contributed by atoms with Crippen LogP contribution in [0.5, 0.6) is 0 Å². The predicted octanol–water partition coefficient (Wildman–Crippen LogP) is 5.44. The van der Waals surface area contributed by atoms with Crippen LogP contribution in [0.3, 0.4) is 0 Å². The maximum atomic E-state index is 11.6. The van der Waals surface area contributed by atoms with Crippen molar-refractivity contribution in [2.24, 2.45) is 34.5 Å². The molecule has 4 rings (SSSR count). The molecular formula is C25H38O3. The standard InChI is InChI=1S/C25H38O3/c1-16(5-10-23(27)28-4)20-8-9-21-19-7-6-17-15-18(26)11-13-24(17,2)22(19)12-14-25(20,21)3/h6,8,16,18-19,21-22,26H,5,7,9-15H2,1-4H3/t16?,18-,19-,21-,22-,24-,25+/m0/s1. The summed E-state index contributed by atoms with van der Waals surface area (Å²) in [6.45, 7) is 7.30. The summed E-state index contributed by atoms with van der Waals surface area (Å²) in [5.41, 5.74) is 3.77. The van der Waals surface area contributed by atoms with Gasteiger partial charge >= 0.3 is 5.97 Å². The highest BCUT2D eigenvalue weighted by Crippen LogP contribution is 2.65. The van der Waals surface area contributed by atoms with Crippen molar-refractivity contribution in [3.63, 3.8) is 0 Å². The zero-order chi connectivity index (χ0) is 20.1. The number of carbonyl (C=O) groups is 1. The van der Waals surface area contributed by atoms with Gasteiger partial charge in [0.15, 0.2) is 0 Å². The normalized spacial score (nSPS) is 43.2. The Hall–Kier alpha value is -1.09. The summed E-state index contributed by atoms with van der Waals surface area (Å²) >= 11 is 0. The van der Waals surface area contributed by atoms with Crippen molar-refractivity contribution in [3.8, 4) is 0 Å². The third-order valence-corrected chi connectivity index (χ3v) is 9.26. The van der Waals surface area contributed by atoms with Gasteiger partial charge in [0.25, 0.3) is 0 Å². The van der Waals surface area contributed by atoms with E-state index in [2.05, 4.69) is 32.9 Å². The Morgan fingerprint density at radius 2 is 1.93 bits per heavy atom. The molecule has 0 aromatic rings. The van der Waals surface area contributed by atoms with Gasteiger partial charge in [0, 0.05) is 6.42 Å². The smallest absolute Gasteiger partial charge is 0.305 e. The number of methoxy groups -OCH3 is 1. The molecule has 156 valence electrons. The first-order chi connectivity index (χ1) is 13.3. The largest absolute Gasteiger partial charge is 0.469 e. The van der Waals surface area contributed by atoms with Crippen LogP contribution in [0.1, 0.15) is 78.6 Å². The fraction of sp³-hybridized carbons (Fsp3) is 0.800. The molecule has 2 fully saturated rings. The van der Waals surface area contributed by atoms with E-state index < -0.39 is 0 Å². The van der Waals surface area contributed by atoms with Crippen molar-refractivity contribution in [2.75, 3.05) is 7.11 Å². The summed E-state index contributed by atoms with van der Waals surface area (Å²) in [5.74, 6) is 2.65. The second-order valence-corrected chi connectivity index (χ2v) is 10.5. The topological polar surface area (TPSA) is 46.5 Å². The summed E-state index contributed by atoms with van der Waals surface area (Å²) in [5, 5.41) is 10.2. The van der Waals surface area contributed by atoms with Crippen molar-refractivity contribution in [3.05, 3.63) is 23.3 Å². The van der Waals surface area contributed by atoms with Crippen LogP contribution in [0.2, 0.25) is 0 Å². The minimum atomic E-state index is -0.125. The van der Waals surface area contributed by atoms with Crippen molar-refractivity contribution in [1.29, 1.82) is 0 Å². The van der Waals surface area contributed by atoms with Crippen LogP contribution >= 0.6 is 0 Å². The molecule has 0 aromatic carbocycles. The first-order valence-corrected chi connectivity index (χ1v) is 11.4. The molecule has 0 heterocycles. The molecule has 0 bridgehead atoms. The summed E-state index contributed by atoms with van der Waals surface area (Å²) in [7, 11) is 1.48. The zero-order valence-corrected chi connectivity index (χ0v) is 18.2. The minimum absolute atomic E-state index is 0.0896. The first-order valence-electron chi connectivity index (χ1n) is 11.4. The van der Waals surface area contributed by atoms with Crippen LogP contribution in [0.4, 0.5) is 0 Å². The van der Waals surface area contributed by atoms with Crippen LogP contribution in [-0.2, 0) is 9.53 Å². The van der Waals surface area contributed by atoms with Crippen LogP contribution in [-0.4, -0.2) is 24.3 Å². The van der Waals surface area contributed by atoms with Gasteiger partial charge in [0.2, 0.25) is 0 Å². The lowest BCUT2D eigenvalue weighted by Gasteiger charge is -2.58. The Bertz CT molecular complexity index is 692. The van der Waals surface area contributed by atoms with Gasteiger partial charge in [-0.1, -0.05) is 44.1 Å². The maximum Gasteiger partial charge on any atom is 0.305 e. The highest BCUT2D eigenvalue weighted by Gasteiger charge is 2.56. The van der Waals surface area contributed by atoms with Gasteiger partial charge in [0.1, 0.15) is 0 Å². The number of ether oxygens (including phenoxy) is 1. The quantitative estimate of drug-likeness (QED) is 0.517. The number of rotatable bonds is 4. The molecule has 1 N–H and O–H groups in total. The molecule has 0 amide bonds. The summed E-state index contributed by atoms with van der Waals surface area (Å²) < 4.78 is 4.85. The van der Waals surface area contributed by atoms with Gasteiger partial charge < -0.3 is 9.84 Å². The Labute approximate surface area is 170 Å². The fourth-order valence-corrected chi connectivity index (χ4v) is 7.60. The number of allylic oxidation sites excluding steroid dienone is 3. The molecule has 0 saturated heterocycles. The monoisotopic (exact) mass is 386 g/mol. The number of hydrogen-bond acceptors (Lipinski definition) is 3. The van der Waals surface area contributed by atoms with Crippen LogP contribution in [0.25, 0.3) is 0 Å². The molecule has 4 aliphatic rings. The number of hydrogen-bond donors (Lipinski definition) is 1. The summed E-state index contributed by atoms with van der Waals surface area (Å²) in [6, 6.07) is 0. The molecule has 3 nitrogen and oxygen atoms in total. The molecule has 2 saturated carbocycles. The van der Waals surface area contributed by atoms with E-state index >= 15 is 0 Å². The van der Waals surface area contributed by atoms with Crippen LogP contribution in [0, 0.1) is 34.5 Å². The molecule has 0 spiro atoms. The molecule has 7 atom stereocenters. The first kappa shape index (κ1) is 20.2. The molecule has 4 aliphatic carbocycles. The number of carbonyl (C=O) groups excluding carboxylic acids is 1. The van der Waals surface area contributed by atoms with Crippen LogP contribution < -0.4 is 0 Å². The molecule has 0 radical (unpaired) electrons. The minimum Gasteiger partial charge on any atom is -0.469 e. The average Bonchev–Trinajstić information content (AvgIpc) is 3.03. The van der Waals surface area contributed by atoms with Crippen molar-refractivity contribution >= 4 is 5.97 Å². The average molecular weight is 387 g/mol. The van der Waals surface area contributed by atoms with Crippen molar-refractivity contribution in [1.82, 2.24) is 0 Å². The van der Waals surface area contributed by atoms with E-state index in [1.165, 1.54) is 32.8 Å². The molecule has 1 unspecified atom stereocenters. The second-order valence-electron chi connectivity index (χ2n) is 10.5. The second kappa shape index (κ2) is 7.31. The van der Waals surface area contributed by atoms with E-state index in [0.717, 1.165) is 43.4 Å². The van der Waals surface area contributed by atoms with Crippen molar-refractivity contribution < 1.29 is 14.6 Å². The number of aliphatic hydroxyl groups excluding tert-OH is 1. The summed E-state index contributed by atoms with van der Waals surface area (Å²) in [6.07, 6.45) is 14.3. The fourth-order valence-electron chi connectivity index (χ4n) is 7.60. The molecule has 3 heteroatoms. The van der Waals surface area contributed by atoms with Crippen LogP contribution in [0.15, 0.2) is 23.3 Å². The van der Waals surface area contributed by atoms with Gasteiger partial charge in [-0.2, -0.15) is 0 Å². The van der Waals surface area contributed by atoms with E-state index in [-0.39, 0.29) is 12.1 Å². The number of aliphatic hydroxyl groups is 1. The van der Waals surface area contributed by atoms with Gasteiger partial charge in [0.05, 0.1) is 13.2 Å². The predicted molar refractivity (Wildman–Crippen MR) is 112 cm³/mol. The van der Waals surface area contributed by atoms with Gasteiger partial charge in [-0.3, -0.25) is 4.79 Å². The Morgan fingerprint density at radius 3 is 2.68 bits per heavy atom. The van der Waals surface area contributed by atoms with E-state index in [9.17, 15) is 9.90 Å². The number of esters is 1. The number of fused-ring (bicyclic) bond motifs is 5. The van der Waals surface area contributed by atoms with Gasteiger partial charge in [-0.05, 0) is 85.9 Å². The Balaban J connectivity index is 1.52. The Morgan fingerprint density at radius 1 is 1.18 bits per heavy atom. The molecule has 28 heavy (non-hydrogen) atoms. The van der Waals surface area contributed by atoms with Gasteiger partial charge in [-0.25, -0.2) is 0 Å². The van der Waals surface area contributed by atoms with E-state index in [1.807, 2.05) is 0 Å². The van der Waals surface area contributed by atoms with E-state index in [4.69, 9.17) is 4.74 Å². The lowest BCUT2D eigenvalue weighted by molar-refractivity contribution is -0.140. The highest BCUT2D eigenvalue weighted by atomic mass is 16.5. The zero-order valence-electron chi connectivity index (χ0n) is 18.2. The van der Waals surface area contributed by atoms with Gasteiger partial charge in [-0.15, -0.1) is 0 Å². The molecule has 0 aliphatic heterocycles. The Kier molecular flexibility index (Phi) is 5.27.